The second-order valence-electron chi connectivity index (χ2n) is 6.46. The van der Waals surface area contributed by atoms with E-state index in [9.17, 15) is 8.42 Å². The topological polar surface area (TPSA) is 61.8 Å². The van der Waals surface area contributed by atoms with Gasteiger partial charge in [0.15, 0.2) is 15.8 Å². The molecular formula is C17H28IN3O2S. The summed E-state index contributed by atoms with van der Waals surface area (Å²) in [5, 5.41) is 3.40. The van der Waals surface area contributed by atoms with E-state index in [0.717, 1.165) is 36.1 Å². The smallest absolute Gasteiger partial charge is 0.193 e. The summed E-state index contributed by atoms with van der Waals surface area (Å²) in [6.45, 7) is 5.09. The molecule has 0 unspecified atom stereocenters. The summed E-state index contributed by atoms with van der Waals surface area (Å²) in [6.07, 6.45) is 3.67. The van der Waals surface area contributed by atoms with Gasteiger partial charge in [-0.2, -0.15) is 0 Å². The number of sulfone groups is 1. The Bertz CT molecular complexity index is 636. The molecule has 1 aliphatic heterocycles. The molecule has 0 aliphatic carbocycles. The van der Waals surface area contributed by atoms with Crippen LogP contribution in [-0.4, -0.2) is 45.7 Å². The van der Waals surface area contributed by atoms with Crippen LogP contribution >= 0.6 is 24.0 Å². The van der Waals surface area contributed by atoms with E-state index in [1.165, 1.54) is 19.1 Å². The van der Waals surface area contributed by atoms with Crippen molar-refractivity contribution in [1.82, 2.24) is 10.2 Å². The minimum Gasteiger partial charge on any atom is -0.352 e. The van der Waals surface area contributed by atoms with Crippen molar-refractivity contribution in [2.24, 2.45) is 10.9 Å². The molecular weight excluding hydrogens is 437 g/mol. The van der Waals surface area contributed by atoms with Crippen molar-refractivity contribution in [3.63, 3.8) is 0 Å². The van der Waals surface area contributed by atoms with Gasteiger partial charge in [0.05, 0.1) is 5.75 Å². The van der Waals surface area contributed by atoms with Crippen molar-refractivity contribution in [2.45, 2.75) is 32.1 Å². The number of nitrogens with one attached hydrogen (secondary N) is 1. The zero-order valence-corrected chi connectivity index (χ0v) is 17.8. The van der Waals surface area contributed by atoms with E-state index in [1.54, 1.807) is 0 Å². The van der Waals surface area contributed by atoms with Crippen LogP contribution in [0, 0.1) is 5.92 Å². The van der Waals surface area contributed by atoms with Crippen LogP contribution in [0.3, 0.4) is 0 Å². The van der Waals surface area contributed by atoms with Gasteiger partial charge < -0.3 is 10.2 Å². The number of aliphatic imine (C=N–C) groups is 1. The molecule has 0 radical (unpaired) electrons. The summed E-state index contributed by atoms with van der Waals surface area (Å²) in [6, 6.07) is 7.70. The molecule has 1 aliphatic rings. The lowest BCUT2D eigenvalue weighted by atomic mass is 9.99. The van der Waals surface area contributed by atoms with Gasteiger partial charge >= 0.3 is 0 Å². The molecule has 0 amide bonds. The van der Waals surface area contributed by atoms with Crippen molar-refractivity contribution in [3.05, 3.63) is 35.4 Å². The fourth-order valence-electron chi connectivity index (χ4n) is 2.79. The molecule has 2 rings (SSSR count). The molecule has 1 fully saturated rings. The van der Waals surface area contributed by atoms with Gasteiger partial charge in [-0.1, -0.05) is 31.2 Å². The first kappa shape index (κ1) is 21.2. The highest BCUT2D eigenvalue weighted by Crippen LogP contribution is 2.16. The Balaban J connectivity index is 0.00000288. The van der Waals surface area contributed by atoms with Gasteiger partial charge in [0.2, 0.25) is 0 Å². The average molecular weight is 465 g/mol. The normalized spacial score (nSPS) is 16.6. The average Bonchev–Trinajstić information content (AvgIpc) is 2.49. The van der Waals surface area contributed by atoms with Gasteiger partial charge in [-0.05, 0) is 29.9 Å². The quantitative estimate of drug-likeness (QED) is 0.422. The molecule has 1 aromatic carbocycles. The first-order valence-electron chi connectivity index (χ1n) is 8.08. The zero-order chi connectivity index (χ0) is 16.9. The fourth-order valence-corrected chi connectivity index (χ4v) is 3.59. The lowest BCUT2D eigenvalue weighted by molar-refractivity contribution is 0.273. The Morgan fingerprint density at radius 1 is 1.21 bits per heavy atom. The summed E-state index contributed by atoms with van der Waals surface area (Å²) in [5.41, 5.74) is 1.94. The molecule has 24 heavy (non-hydrogen) atoms. The highest BCUT2D eigenvalue weighted by Gasteiger charge is 2.18. The van der Waals surface area contributed by atoms with Gasteiger partial charge in [0.25, 0.3) is 0 Å². The monoisotopic (exact) mass is 465 g/mol. The van der Waals surface area contributed by atoms with Crippen LogP contribution in [0.5, 0.6) is 0 Å². The summed E-state index contributed by atoms with van der Waals surface area (Å²) < 4.78 is 22.6. The lowest BCUT2D eigenvalue weighted by Crippen LogP contribution is -2.45. The molecule has 0 bridgehead atoms. The van der Waals surface area contributed by atoms with Crippen molar-refractivity contribution in [3.8, 4) is 0 Å². The third kappa shape index (κ3) is 6.96. The summed E-state index contributed by atoms with van der Waals surface area (Å²) in [4.78, 5) is 6.67. The van der Waals surface area contributed by atoms with Crippen molar-refractivity contribution in [2.75, 3.05) is 26.4 Å². The molecule has 0 spiro atoms. The molecule has 1 N–H and O–H groups in total. The molecule has 0 atom stereocenters. The van der Waals surface area contributed by atoms with E-state index in [0.29, 0.717) is 6.54 Å². The van der Waals surface area contributed by atoms with Crippen molar-refractivity contribution >= 4 is 39.8 Å². The Kier molecular flexibility index (Phi) is 8.49. The maximum absolute atomic E-state index is 11.3. The molecule has 7 heteroatoms. The van der Waals surface area contributed by atoms with Gasteiger partial charge in [-0.25, -0.2) is 8.42 Å². The van der Waals surface area contributed by atoms with Gasteiger partial charge in [0.1, 0.15) is 0 Å². The number of nitrogens with zero attached hydrogens (tertiary/aromatic N) is 2. The highest BCUT2D eigenvalue weighted by atomic mass is 127. The highest BCUT2D eigenvalue weighted by molar-refractivity contribution is 14.0. The second-order valence-corrected chi connectivity index (χ2v) is 8.60. The predicted molar refractivity (Wildman–Crippen MR) is 111 cm³/mol. The van der Waals surface area contributed by atoms with Crippen LogP contribution in [-0.2, 0) is 22.1 Å². The van der Waals surface area contributed by atoms with E-state index in [-0.39, 0.29) is 29.7 Å². The fraction of sp³-hybridized carbons (Fsp3) is 0.588. The van der Waals surface area contributed by atoms with E-state index in [2.05, 4.69) is 22.1 Å². The van der Waals surface area contributed by atoms with E-state index in [4.69, 9.17) is 0 Å². The van der Waals surface area contributed by atoms with Crippen LogP contribution < -0.4 is 5.32 Å². The molecule has 0 saturated carbocycles. The number of benzene rings is 1. The SMILES string of the molecule is CN=C(NCc1ccc(CS(C)(=O)=O)cc1)N1CCC(C)CC1.I. The number of rotatable bonds is 4. The number of likely N-dealkylation sites (tertiary alicyclic amines) is 1. The number of hydrogen-bond donors (Lipinski definition) is 1. The molecule has 136 valence electrons. The van der Waals surface area contributed by atoms with Gasteiger partial charge in [-0.3, -0.25) is 4.99 Å². The lowest BCUT2D eigenvalue weighted by Gasteiger charge is -2.32. The van der Waals surface area contributed by atoms with Crippen LogP contribution in [0.4, 0.5) is 0 Å². The first-order valence-corrected chi connectivity index (χ1v) is 10.1. The van der Waals surface area contributed by atoms with E-state index >= 15 is 0 Å². The van der Waals surface area contributed by atoms with E-state index in [1.807, 2.05) is 31.3 Å². The Morgan fingerprint density at radius 2 is 1.75 bits per heavy atom. The first-order chi connectivity index (χ1) is 10.9. The number of guanidine groups is 1. The maximum Gasteiger partial charge on any atom is 0.193 e. The van der Waals surface area contributed by atoms with Crippen LogP contribution in [0.2, 0.25) is 0 Å². The molecule has 1 heterocycles. The zero-order valence-electron chi connectivity index (χ0n) is 14.7. The van der Waals surface area contributed by atoms with E-state index < -0.39 is 9.84 Å². The standard InChI is InChI=1S/C17H27N3O2S.HI/c1-14-8-10-20(11-9-14)17(18-2)19-12-15-4-6-16(7-5-15)13-23(3,21)22;/h4-7,14H,8-13H2,1-3H3,(H,18,19);1H. The van der Waals surface area contributed by atoms with Crippen LogP contribution in [0.15, 0.2) is 29.3 Å². The molecule has 1 saturated heterocycles. The number of hydrogen-bond acceptors (Lipinski definition) is 3. The Hall–Kier alpha value is -0.830. The predicted octanol–water partition coefficient (Wildman–Crippen LogP) is 2.66. The summed E-state index contributed by atoms with van der Waals surface area (Å²) in [7, 11) is -1.17. The minimum atomic E-state index is -2.98. The molecule has 0 aromatic heterocycles. The third-order valence-electron chi connectivity index (χ3n) is 4.20. The molecule has 1 aromatic rings. The number of halogens is 1. The number of piperidine rings is 1. The van der Waals surface area contributed by atoms with Gasteiger partial charge in [0, 0.05) is 32.9 Å². The Morgan fingerprint density at radius 3 is 2.25 bits per heavy atom. The van der Waals surface area contributed by atoms with Crippen molar-refractivity contribution in [1.29, 1.82) is 0 Å². The van der Waals surface area contributed by atoms with Crippen LogP contribution in [0.25, 0.3) is 0 Å². The third-order valence-corrected chi connectivity index (χ3v) is 5.06. The summed E-state index contributed by atoms with van der Waals surface area (Å²) in [5.74, 6) is 1.83. The van der Waals surface area contributed by atoms with Crippen LogP contribution in [0.1, 0.15) is 30.9 Å². The maximum atomic E-state index is 11.3. The second kappa shape index (κ2) is 9.60. The Labute approximate surface area is 162 Å². The summed E-state index contributed by atoms with van der Waals surface area (Å²) >= 11 is 0. The molecule has 5 nitrogen and oxygen atoms in total. The largest absolute Gasteiger partial charge is 0.352 e. The minimum absolute atomic E-state index is 0. The van der Waals surface area contributed by atoms with Gasteiger partial charge in [-0.15, -0.1) is 24.0 Å². The van der Waals surface area contributed by atoms with Crippen molar-refractivity contribution < 1.29 is 8.42 Å².